The summed E-state index contributed by atoms with van der Waals surface area (Å²) in [6, 6.07) is 25.0. The van der Waals surface area contributed by atoms with Gasteiger partial charge in [-0.15, -0.1) is 0 Å². The van der Waals surface area contributed by atoms with Crippen LogP contribution < -0.4 is 9.47 Å². The molecular formula is C21H17BrO3. The number of carbonyl (C=O) groups excluding carboxylic acids is 1. The van der Waals surface area contributed by atoms with Crippen LogP contribution in [0.1, 0.15) is 11.1 Å². The standard InChI is InChI=1S/C21H17BrO3/c22-18-10-6-11-19(14-18)24-15-21(23)25-20-12-5-4-9-17(20)13-16-7-2-1-3-8-16/h1-12,14H,13,15H2. The summed E-state index contributed by atoms with van der Waals surface area (Å²) in [6.07, 6.45) is 0.705. The third-order valence-electron chi connectivity index (χ3n) is 3.59. The smallest absolute Gasteiger partial charge is 0.349 e. The van der Waals surface area contributed by atoms with E-state index in [1.54, 1.807) is 18.2 Å². The zero-order chi connectivity index (χ0) is 17.5. The zero-order valence-electron chi connectivity index (χ0n) is 13.5. The highest BCUT2D eigenvalue weighted by molar-refractivity contribution is 9.10. The monoisotopic (exact) mass is 396 g/mol. The van der Waals surface area contributed by atoms with Crippen molar-refractivity contribution in [2.24, 2.45) is 0 Å². The summed E-state index contributed by atoms with van der Waals surface area (Å²) in [7, 11) is 0. The first-order chi connectivity index (χ1) is 12.2. The lowest BCUT2D eigenvalue weighted by Crippen LogP contribution is -2.18. The fourth-order valence-electron chi connectivity index (χ4n) is 2.42. The van der Waals surface area contributed by atoms with E-state index in [1.807, 2.05) is 48.5 Å². The fraction of sp³-hybridized carbons (Fsp3) is 0.0952. The topological polar surface area (TPSA) is 35.5 Å². The van der Waals surface area contributed by atoms with Crippen LogP contribution in [-0.4, -0.2) is 12.6 Å². The molecule has 0 aliphatic carbocycles. The Bertz CT molecular complexity index is 847. The van der Waals surface area contributed by atoms with E-state index in [0.717, 1.165) is 15.6 Å². The van der Waals surface area contributed by atoms with Crippen LogP contribution in [0.5, 0.6) is 11.5 Å². The first kappa shape index (κ1) is 17.2. The second-order valence-corrected chi connectivity index (χ2v) is 6.41. The third kappa shape index (κ3) is 5.19. The van der Waals surface area contributed by atoms with Crippen LogP contribution in [0.2, 0.25) is 0 Å². The van der Waals surface area contributed by atoms with Crippen molar-refractivity contribution in [2.75, 3.05) is 6.61 Å². The number of halogens is 1. The van der Waals surface area contributed by atoms with Gasteiger partial charge in [0.15, 0.2) is 6.61 Å². The Morgan fingerprint density at radius 2 is 1.64 bits per heavy atom. The lowest BCUT2D eigenvalue weighted by molar-refractivity contribution is -0.136. The molecule has 3 rings (SSSR count). The van der Waals surface area contributed by atoms with Crippen molar-refractivity contribution in [3.63, 3.8) is 0 Å². The van der Waals surface area contributed by atoms with Crippen LogP contribution >= 0.6 is 15.9 Å². The van der Waals surface area contributed by atoms with Crippen LogP contribution in [0.15, 0.2) is 83.3 Å². The van der Waals surface area contributed by atoms with Crippen LogP contribution in [0.3, 0.4) is 0 Å². The average Bonchev–Trinajstić information content (AvgIpc) is 2.63. The Hall–Kier alpha value is -2.59. The Labute approximate surface area is 155 Å². The van der Waals surface area contributed by atoms with Gasteiger partial charge in [0.1, 0.15) is 11.5 Å². The van der Waals surface area contributed by atoms with Gasteiger partial charge < -0.3 is 9.47 Å². The largest absolute Gasteiger partial charge is 0.482 e. The molecule has 0 N–H and O–H groups in total. The van der Waals surface area contributed by atoms with E-state index in [2.05, 4.69) is 28.1 Å². The van der Waals surface area contributed by atoms with E-state index in [4.69, 9.17) is 9.47 Å². The van der Waals surface area contributed by atoms with Crippen molar-refractivity contribution in [1.29, 1.82) is 0 Å². The van der Waals surface area contributed by atoms with E-state index in [0.29, 0.717) is 17.9 Å². The van der Waals surface area contributed by atoms with Crippen LogP contribution in [0.25, 0.3) is 0 Å². The second-order valence-electron chi connectivity index (χ2n) is 5.49. The summed E-state index contributed by atoms with van der Waals surface area (Å²) in [6.45, 7) is -0.143. The number of esters is 1. The van der Waals surface area contributed by atoms with E-state index < -0.39 is 5.97 Å². The Kier molecular flexibility index (Phi) is 5.86. The van der Waals surface area contributed by atoms with Gasteiger partial charge in [0.25, 0.3) is 0 Å². The van der Waals surface area contributed by atoms with Crippen molar-refractivity contribution in [3.8, 4) is 11.5 Å². The zero-order valence-corrected chi connectivity index (χ0v) is 15.1. The SMILES string of the molecule is O=C(COc1cccc(Br)c1)Oc1ccccc1Cc1ccccc1. The molecule has 0 spiro atoms. The third-order valence-corrected chi connectivity index (χ3v) is 4.08. The van der Waals surface area contributed by atoms with Gasteiger partial charge in [-0.05, 0) is 35.4 Å². The molecule has 0 bridgehead atoms. The van der Waals surface area contributed by atoms with E-state index in [-0.39, 0.29) is 6.61 Å². The number of hydrogen-bond acceptors (Lipinski definition) is 3. The minimum Gasteiger partial charge on any atom is -0.482 e. The van der Waals surface area contributed by atoms with Crippen LogP contribution in [0, 0.1) is 0 Å². The number of ether oxygens (including phenoxy) is 2. The Morgan fingerprint density at radius 3 is 2.44 bits per heavy atom. The second kappa shape index (κ2) is 8.49. The molecule has 0 saturated carbocycles. The van der Waals surface area contributed by atoms with Gasteiger partial charge in [0.2, 0.25) is 0 Å². The first-order valence-electron chi connectivity index (χ1n) is 7.91. The fourth-order valence-corrected chi connectivity index (χ4v) is 2.79. The quantitative estimate of drug-likeness (QED) is 0.433. The number of rotatable bonds is 6. The molecule has 3 aromatic carbocycles. The molecule has 0 aromatic heterocycles. The Morgan fingerprint density at radius 1 is 0.880 bits per heavy atom. The molecule has 0 radical (unpaired) electrons. The normalized spacial score (nSPS) is 10.3. The van der Waals surface area contributed by atoms with Crippen LogP contribution in [0.4, 0.5) is 0 Å². The number of benzene rings is 3. The van der Waals surface area contributed by atoms with Gasteiger partial charge in [0.05, 0.1) is 0 Å². The molecule has 3 nitrogen and oxygen atoms in total. The molecule has 25 heavy (non-hydrogen) atoms. The predicted molar refractivity (Wildman–Crippen MR) is 101 cm³/mol. The van der Waals surface area contributed by atoms with E-state index in [9.17, 15) is 4.79 Å². The van der Waals surface area contributed by atoms with Gasteiger partial charge >= 0.3 is 5.97 Å². The maximum Gasteiger partial charge on any atom is 0.349 e. The number of carbonyl (C=O) groups is 1. The molecule has 0 fully saturated rings. The van der Waals surface area contributed by atoms with Gasteiger partial charge in [-0.25, -0.2) is 4.79 Å². The van der Waals surface area contributed by atoms with Gasteiger partial charge in [-0.3, -0.25) is 0 Å². The summed E-state index contributed by atoms with van der Waals surface area (Å²) in [4.78, 5) is 12.1. The van der Waals surface area contributed by atoms with Crippen molar-refractivity contribution >= 4 is 21.9 Å². The molecule has 3 aromatic rings. The predicted octanol–water partition coefficient (Wildman–Crippen LogP) is 5.02. The highest BCUT2D eigenvalue weighted by Crippen LogP contribution is 2.22. The van der Waals surface area contributed by atoms with Gasteiger partial charge in [-0.1, -0.05) is 70.5 Å². The minimum absolute atomic E-state index is 0.143. The van der Waals surface area contributed by atoms with Gasteiger partial charge in [-0.2, -0.15) is 0 Å². The van der Waals surface area contributed by atoms with Gasteiger partial charge in [0, 0.05) is 10.9 Å². The molecule has 0 aliphatic rings. The summed E-state index contributed by atoms with van der Waals surface area (Å²) >= 11 is 3.37. The number of hydrogen-bond donors (Lipinski definition) is 0. The molecular weight excluding hydrogens is 380 g/mol. The van der Waals surface area contributed by atoms with E-state index >= 15 is 0 Å². The number of para-hydroxylation sites is 1. The van der Waals surface area contributed by atoms with Crippen molar-refractivity contribution in [2.45, 2.75) is 6.42 Å². The highest BCUT2D eigenvalue weighted by Gasteiger charge is 2.10. The van der Waals surface area contributed by atoms with Crippen molar-refractivity contribution < 1.29 is 14.3 Å². The van der Waals surface area contributed by atoms with Crippen LogP contribution in [-0.2, 0) is 11.2 Å². The minimum atomic E-state index is -0.430. The Balaban J connectivity index is 1.63. The summed E-state index contributed by atoms with van der Waals surface area (Å²) in [5.41, 5.74) is 2.13. The van der Waals surface area contributed by atoms with Crippen molar-refractivity contribution in [3.05, 3.63) is 94.5 Å². The maximum absolute atomic E-state index is 12.1. The summed E-state index contributed by atoms with van der Waals surface area (Å²) in [5, 5.41) is 0. The molecule has 0 aliphatic heterocycles. The molecule has 0 saturated heterocycles. The first-order valence-corrected chi connectivity index (χ1v) is 8.71. The molecule has 4 heteroatoms. The molecule has 0 heterocycles. The molecule has 126 valence electrons. The lowest BCUT2D eigenvalue weighted by atomic mass is 10.0. The molecule has 0 atom stereocenters. The van der Waals surface area contributed by atoms with E-state index in [1.165, 1.54) is 0 Å². The maximum atomic E-state index is 12.1. The van der Waals surface area contributed by atoms with Crippen molar-refractivity contribution in [1.82, 2.24) is 0 Å². The summed E-state index contributed by atoms with van der Waals surface area (Å²) < 4.78 is 11.9. The summed E-state index contributed by atoms with van der Waals surface area (Å²) in [5.74, 6) is 0.749. The highest BCUT2D eigenvalue weighted by atomic mass is 79.9. The molecule has 0 amide bonds. The lowest BCUT2D eigenvalue weighted by Gasteiger charge is -2.11. The molecule has 0 unspecified atom stereocenters. The average molecular weight is 397 g/mol.